The molecule has 0 saturated heterocycles. The lowest BCUT2D eigenvalue weighted by Crippen LogP contribution is -2.17. The topological polar surface area (TPSA) is 15.6 Å². The average Bonchev–Trinajstić information content (AvgIpc) is 2.07. The molecule has 12 heavy (non-hydrogen) atoms. The summed E-state index contributed by atoms with van der Waals surface area (Å²) >= 11 is 1.72. The predicted molar refractivity (Wildman–Crippen MR) is 52.8 cm³/mol. The third kappa shape index (κ3) is 1.20. The van der Waals surface area contributed by atoms with E-state index in [1.165, 1.54) is 4.90 Å². The lowest BCUT2D eigenvalue weighted by Gasteiger charge is -2.22. The molecule has 1 aromatic rings. The van der Waals surface area contributed by atoms with E-state index in [1.54, 1.807) is 11.9 Å². The van der Waals surface area contributed by atoms with Crippen LogP contribution in [0.3, 0.4) is 0 Å². The second-order valence-electron chi connectivity index (χ2n) is 2.72. The summed E-state index contributed by atoms with van der Waals surface area (Å²) < 4.78 is 2.07. The third-order valence-electron chi connectivity index (χ3n) is 1.84. The van der Waals surface area contributed by atoms with E-state index >= 15 is 0 Å². The third-order valence-corrected chi connectivity index (χ3v) is 2.92. The Labute approximate surface area is 76.4 Å². The van der Waals surface area contributed by atoms with E-state index < -0.39 is 0 Å². The Morgan fingerprint density at radius 3 is 2.92 bits per heavy atom. The van der Waals surface area contributed by atoms with Crippen molar-refractivity contribution in [3.8, 4) is 0 Å². The molecule has 0 saturated carbocycles. The van der Waals surface area contributed by atoms with Crippen molar-refractivity contribution < 1.29 is 0 Å². The molecule has 0 aliphatic carbocycles. The second-order valence-corrected chi connectivity index (χ2v) is 3.89. The molecule has 1 heterocycles. The Hall–Kier alpha value is -0.960. The van der Waals surface area contributed by atoms with Gasteiger partial charge in [0, 0.05) is 7.05 Å². The Morgan fingerprint density at radius 2 is 2.08 bits per heavy atom. The molecule has 0 amide bonds. The van der Waals surface area contributed by atoms with Gasteiger partial charge in [0.15, 0.2) is 0 Å². The SMILES string of the molecule is CC1=Nc2ccccc2SN1C. The first kappa shape index (κ1) is 7.68. The number of fused-ring (bicyclic) bond motifs is 1. The highest BCUT2D eigenvalue weighted by molar-refractivity contribution is 7.97. The van der Waals surface area contributed by atoms with Gasteiger partial charge in [-0.05, 0) is 31.0 Å². The summed E-state index contributed by atoms with van der Waals surface area (Å²) in [5, 5.41) is 0. The van der Waals surface area contributed by atoms with Crippen LogP contribution in [0.5, 0.6) is 0 Å². The summed E-state index contributed by atoms with van der Waals surface area (Å²) in [6.45, 7) is 2.02. The molecule has 1 aliphatic heterocycles. The van der Waals surface area contributed by atoms with Gasteiger partial charge in [-0.15, -0.1) is 0 Å². The highest BCUT2D eigenvalue weighted by Crippen LogP contribution is 2.35. The Kier molecular flexibility index (Phi) is 1.81. The van der Waals surface area contributed by atoms with Gasteiger partial charge in [0.05, 0.1) is 10.6 Å². The van der Waals surface area contributed by atoms with Crippen LogP contribution in [0.25, 0.3) is 0 Å². The fraction of sp³-hybridized carbons (Fsp3) is 0.222. The molecule has 0 N–H and O–H groups in total. The molecule has 2 nitrogen and oxygen atoms in total. The van der Waals surface area contributed by atoms with Crippen LogP contribution >= 0.6 is 11.9 Å². The Bertz CT molecular complexity index is 333. The van der Waals surface area contributed by atoms with E-state index in [1.807, 2.05) is 32.2 Å². The van der Waals surface area contributed by atoms with Gasteiger partial charge >= 0.3 is 0 Å². The molecule has 0 spiro atoms. The fourth-order valence-electron chi connectivity index (χ4n) is 1.09. The van der Waals surface area contributed by atoms with Gasteiger partial charge in [-0.25, -0.2) is 4.99 Å². The first-order chi connectivity index (χ1) is 5.77. The minimum Gasteiger partial charge on any atom is -0.303 e. The number of amidine groups is 1. The van der Waals surface area contributed by atoms with Crippen LogP contribution in [0.4, 0.5) is 5.69 Å². The van der Waals surface area contributed by atoms with Gasteiger partial charge in [-0.3, -0.25) is 0 Å². The Balaban J connectivity index is 2.49. The lowest BCUT2D eigenvalue weighted by atomic mass is 10.3. The molecule has 0 bridgehead atoms. The molecule has 3 heteroatoms. The van der Waals surface area contributed by atoms with E-state index in [0.29, 0.717) is 0 Å². The maximum absolute atomic E-state index is 4.45. The van der Waals surface area contributed by atoms with Crippen LogP contribution in [0, 0.1) is 0 Å². The summed E-state index contributed by atoms with van der Waals surface area (Å²) in [5.41, 5.74) is 1.08. The number of nitrogens with zero attached hydrogens (tertiary/aromatic N) is 2. The maximum atomic E-state index is 4.45. The van der Waals surface area contributed by atoms with E-state index in [9.17, 15) is 0 Å². The van der Waals surface area contributed by atoms with Crippen molar-refractivity contribution in [2.45, 2.75) is 11.8 Å². The van der Waals surface area contributed by atoms with E-state index in [4.69, 9.17) is 0 Å². The smallest absolute Gasteiger partial charge is 0.112 e. The van der Waals surface area contributed by atoms with Crippen molar-refractivity contribution in [3.63, 3.8) is 0 Å². The molecule has 0 aromatic heterocycles. The molecule has 1 aliphatic rings. The van der Waals surface area contributed by atoms with Gasteiger partial charge in [-0.2, -0.15) is 0 Å². The van der Waals surface area contributed by atoms with Crippen molar-refractivity contribution in [2.75, 3.05) is 7.05 Å². The van der Waals surface area contributed by atoms with Crippen LogP contribution in [-0.2, 0) is 0 Å². The highest BCUT2D eigenvalue weighted by Gasteiger charge is 2.12. The van der Waals surface area contributed by atoms with Gasteiger partial charge in [-0.1, -0.05) is 12.1 Å². The number of rotatable bonds is 0. The number of aliphatic imine (C=N–C) groups is 1. The number of hydrogen-bond acceptors (Lipinski definition) is 3. The quantitative estimate of drug-likeness (QED) is 0.568. The largest absolute Gasteiger partial charge is 0.303 e. The summed E-state index contributed by atoms with van der Waals surface area (Å²) in [5.74, 6) is 1.05. The molecular formula is C9H10N2S. The molecule has 62 valence electrons. The van der Waals surface area contributed by atoms with Crippen LogP contribution in [0.1, 0.15) is 6.92 Å². The molecule has 0 radical (unpaired) electrons. The zero-order valence-electron chi connectivity index (χ0n) is 7.11. The minimum absolute atomic E-state index is 1.05. The van der Waals surface area contributed by atoms with Gasteiger partial charge in [0.25, 0.3) is 0 Å². The van der Waals surface area contributed by atoms with Crippen LogP contribution in [0.15, 0.2) is 34.2 Å². The van der Waals surface area contributed by atoms with Crippen molar-refractivity contribution in [3.05, 3.63) is 24.3 Å². The molecule has 1 aromatic carbocycles. The van der Waals surface area contributed by atoms with Gasteiger partial charge in [0.2, 0.25) is 0 Å². The summed E-state index contributed by atoms with van der Waals surface area (Å²) in [4.78, 5) is 5.68. The first-order valence-corrected chi connectivity index (χ1v) is 4.61. The lowest BCUT2D eigenvalue weighted by molar-refractivity contribution is 0.825. The molecular weight excluding hydrogens is 168 g/mol. The minimum atomic E-state index is 1.05. The molecule has 0 unspecified atom stereocenters. The number of para-hydroxylation sites is 1. The summed E-state index contributed by atoms with van der Waals surface area (Å²) in [7, 11) is 2.03. The number of benzene rings is 1. The van der Waals surface area contributed by atoms with Crippen LogP contribution < -0.4 is 0 Å². The summed E-state index contributed by atoms with van der Waals surface area (Å²) in [6.07, 6.45) is 0. The van der Waals surface area contributed by atoms with Crippen LogP contribution in [0.2, 0.25) is 0 Å². The second kappa shape index (κ2) is 2.83. The highest BCUT2D eigenvalue weighted by atomic mass is 32.2. The molecule has 2 rings (SSSR count). The summed E-state index contributed by atoms with van der Waals surface area (Å²) in [6, 6.07) is 8.18. The zero-order valence-corrected chi connectivity index (χ0v) is 7.93. The zero-order chi connectivity index (χ0) is 8.55. The van der Waals surface area contributed by atoms with E-state index in [2.05, 4.69) is 15.4 Å². The van der Waals surface area contributed by atoms with Crippen molar-refractivity contribution in [2.24, 2.45) is 4.99 Å². The molecule has 0 atom stereocenters. The standard InChI is InChI=1S/C9H10N2S/c1-7-10-8-5-3-4-6-9(8)12-11(7)2/h3-6H,1-2H3. The predicted octanol–water partition coefficient (Wildman–Crippen LogP) is 2.69. The van der Waals surface area contributed by atoms with Crippen molar-refractivity contribution in [1.82, 2.24) is 4.31 Å². The van der Waals surface area contributed by atoms with E-state index in [-0.39, 0.29) is 0 Å². The van der Waals surface area contributed by atoms with E-state index in [0.717, 1.165) is 11.5 Å². The monoisotopic (exact) mass is 178 g/mol. The van der Waals surface area contributed by atoms with Gasteiger partial charge in [0.1, 0.15) is 5.84 Å². The average molecular weight is 178 g/mol. The number of hydrogen-bond donors (Lipinski definition) is 0. The maximum Gasteiger partial charge on any atom is 0.112 e. The van der Waals surface area contributed by atoms with Crippen LogP contribution in [-0.4, -0.2) is 17.2 Å². The first-order valence-electron chi connectivity index (χ1n) is 3.83. The fourth-order valence-corrected chi connectivity index (χ4v) is 1.90. The molecule has 0 fully saturated rings. The normalized spacial score (nSPS) is 15.5. The van der Waals surface area contributed by atoms with Gasteiger partial charge < -0.3 is 4.31 Å². The van der Waals surface area contributed by atoms with Crippen molar-refractivity contribution >= 4 is 23.5 Å². The Morgan fingerprint density at radius 1 is 1.33 bits per heavy atom. The van der Waals surface area contributed by atoms with Crippen molar-refractivity contribution in [1.29, 1.82) is 0 Å².